The summed E-state index contributed by atoms with van der Waals surface area (Å²) < 4.78 is 15.4. The molecule has 0 bridgehead atoms. The molecule has 1 aromatic heterocycles. The summed E-state index contributed by atoms with van der Waals surface area (Å²) in [5.74, 6) is -2.46. The van der Waals surface area contributed by atoms with Crippen LogP contribution in [0.1, 0.15) is 20.7 Å². The number of benzene rings is 2. The zero-order chi connectivity index (χ0) is 17.1. The van der Waals surface area contributed by atoms with Gasteiger partial charge in [0.15, 0.2) is 0 Å². The Morgan fingerprint density at radius 3 is 2.62 bits per heavy atom. The molecule has 1 heterocycles. The van der Waals surface area contributed by atoms with Crippen LogP contribution < -0.4 is 5.32 Å². The lowest BCUT2D eigenvalue weighted by Crippen LogP contribution is -2.14. The minimum absolute atomic E-state index is 0.114. The Balaban J connectivity index is 1.87. The molecule has 3 rings (SSSR count). The highest BCUT2D eigenvalue weighted by atomic mass is 19.1. The van der Waals surface area contributed by atoms with Crippen LogP contribution in [-0.4, -0.2) is 26.8 Å². The monoisotopic (exact) mass is 325 g/mol. The first kappa shape index (κ1) is 15.4. The van der Waals surface area contributed by atoms with E-state index in [0.717, 1.165) is 18.2 Å². The zero-order valence-corrected chi connectivity index (χ0v) is 12.3. The number of anilines is 1. The van der Waals surface area contributed by atoms with Crippen molar-refractivity contribution in [3.8, 4) is 5.69 Å². The van der Waals surface area contributed by atoms with Gasteiger partial charge in [0, 0.05) is 18.0 Å². The predicted octanol–water partition coefficient (Wildman–Crippen LogP) is 2.96. The predicted molar refractivity (Wildman–Crippen MR) is 84.9 cm³/mol. The summed E-state index contributed by atoms with van der Waals surface area (Å²) in [5, 5.41) is 15.4. The van der Waals surface area contributed by atoms with E-state index in [-0.39, 0.29) is 11.3 Å². The van der Waals surface area contributed by atoms with Gasteiger partial charge < -0.3 is 10.4 Å². The maximum Gasteiger partial charge on any atom is 0.335 e. The largest absolute Gasteiger partial charge is 0.478 e. The molecule has 0 atom stereocenters. The summed E-state index contributed by atoms with van der Waals surface area (Å²) in [7, 11) is 0. The van der Waals surface area contributed by atoms with Crippen molar-refractivity contribution < 1.29 is 19.1 Å². The van der Waals surface area contributed by atoms with Crippen molar-refractivity contribution in [2.24, 2.45) is 0 Å². The average Bonchev–Trinajstić information content (AvgIpc) is 3.11. The molecule has 0 spiro atoms. The Hall–Kier alpha value is -3.48. The van der Waals surface area contributed by atoms with Gasteiger partial charge in [-0.25, -0.2) is 13.9 Å². The van der Waals surface area contributed by atoms with E-state index in [4.69, 9.17) is 5.11 Å². The molecule has 0 aliphatic rings. The highest BCUT2D eigenvalue weighted by Crippen LogP contribution is 2.18. The van der Waals surface area contributed by atoms with Gasteiger partial charge >= 0.3 is 5.97 Å². The van der Waals surface area contributed by atoms with Gasteiger partial charge in [-0.1, -0.05) is 6.07 Å². The number of nitrogens with zero attached hydrogens (tertiary/aromatic N) is 2. The first-order valence-corrected chi connectivity index (χ1v) is 6.99. The van der Waals surface area contributed by atoms with E-state index in [0.29, 0.717) is 11.3 Å². The molecule has 2 N–H and O–H groups in total. The Morgan fingerprint density at radius 1 is 1.08 bits per heavy atom. The minimum atomic E-state index is -1.20. The molecule has 0 fully saturated rings. The fourth-order valence-electron chi connectivity index (χ4n) is 2.16. The first-order chi connectivity index (χ1) is 11.5. The quantitative estimate of drug-likeness (QED) is 0.772. The third kappa shape index (κ3) is 3.14. The molecule has 0 unspecified atom stereocenters. The third-order valence-corrected chi connectivity index (χ3v) is 3.34. The number of carbonyl (C=O) groups excluding carboxylic acids is 1. The molecule has 0 saturated heterocycles. The van der Waals surface area contributed by atoms with E-state index in [9.17, 15) is 14.0 Å². The smallest absolute Gasteiger partial charge is 0.335 e. The maximum absolute atomic E-state index is 13.8. The van der Waals surface area contributed by atoms with Crippen LogP contribution in [0.2, 0.25) is 0 Å². The van der Waals surface area contributed by atoms with Crippen LogP contribution >= 0.6 is 0 Å². The van der Waals surface area contributed by atoms with Crippen molar-refractivity contribution in [3.63, 3.8) is 0 Å². The van der Waals surface area contributed by atoms with Crippen molar-refractivity contribution in [1.82, 2.24) is 9.78 Å². The number of carbonyl (C=O) groups is 2. The Labute approximate surface area is 136 Å². The number of halogens is 1. The fraction of sp³-hybridized carbons (Fsp3) is 0. The number of rotatable bonds is 4. The summed E-state index contributed by atoms with van der Waals surface area (Å²) in [6.07, 6.45) is 3.34. The first-order valence-electron chi connectivity index (χ1n) is 6.99. The summed E-state index contributed by atoms with van der Waals surface area (Å²) in [4.78, 5) is 23.3. The summed E-state index contributed by atoms with van der Waals surface area (Å²) in [6.45, 7) is 0. The van der Waals surface area contributed by atoms with Crippen LogP contribution in [0.3, 0.4) is 0 Å². The van der Waals surface area contributed by atoms with Gasteiger partial charge in [-0.3, -0.25) is 4.79 Å². The van der Waals surface area contributed by atoms with E-state index < -0.39 is 17.7 Å². The number of carboxylic acid groups (broad SMARTS) is 1. The Bertz CT molecular complexity index is 907. The standard InChI is InChI=1S/C17H12FN3O3/c18-14-6-5-12(17(23)24)10-15(14)20-16(22)11-3-1-4-13(9-11)21-8-2-7-19-21/h1-10H,(H,20,22)(H,23,24). The van der Waals surface area contributed by atoms with Crippen molar-refractivity contribution >= 4 is 17.6 Å². The maximum atomic E-state index is 13.8. The summed E-state index contributed by atoms with van der Waals surface area (Å²) in [5.41, 5.74) is 0.664. The molecule has 3 aromatic rings. The second-order valence-electron chi connectivity index (χ2n) is 4.95. The van der Waals surface area contributed by atoms with Crippen LogP contribution in [0.15, 0.2) is 60.9 Å². The van der Waals surface area contributed by atoms with Crippen LogP contribution in [0.25, 0.3) is 5.69 Å². The zero-order valence-electron chi connectivity index (χ0n) is 12.3. The Kier molecular flexibility index (Phi) is 4.07. The van der Waals surface area contributed by atoms with E-state index >= 15 is 0 Å². The molecule has 6 nitrogen and oxygen atoms in total. The summed E-state index contributed by atoms with van der Waals surface area (Å²) >= 11 is 0. The van der Waals surface area contributed by atoms with Gasteiger partial charge in [-0.15, -0.1) is 0 Å². The number of amides is 1. The number of hydrogen-bond acceptors (Lipinski definition) is 3. The second kappa shape index (κ2) is 6.33. The highest BCUT2D eigenvalue weighted by molar-refractivity contribution is 6.05. The van der Waals surface area contributed by atoms with Crippen LogP contribution in [0.4, 0.5) is 10.1 Å². The lowest BCUT2D eigenvalue weighted by molar-refractivity contribution is 0.0696. The van der Waals surface area contributed by atoms with Crippen molar-refractivity contribution in [2.45, 2.75) is 0 Å². The summed E-state index contributed by atoms with van der Waals surface area (Å²) in [6, 6.07) is 11.6. The number of aromatic nitrogens is 2. The van der Waals surface area contributed by atoms with Gasteiger partial charge in [0.1, 0.15) is 5.82 Å². The molecular formula is C17H12FN3O3. The molecular weight excluding hydrogens is 313 g/mol. The van der Waals surface area contributed by atoms with Crippen molar-refractivity contribution in [2.75, 3.05) is 5.32 Å². The minimum Gasteiger partial charge on any atom is -0.478 e. The van der Waals surface area contributed by atoms with Gasteiger partial charge in [-0.05, 0) is 42.5 Å². The molecule has 0 radical (unpaired) electrons. The van der Waals surface area contributed by atoms with Gasteiger partial charge in [0.05, 0.1) is 16.9 Å². The molecule has 0 aliphatic carbocycles. The van der Waals surface area contributed by atoms with Crippen molar-refractivity contribution in [3.05, 3.63) is 77.9 Å². The molecule has 0 aliphatic heterocycles. The lowest BCUT2D eigenvalue weighted by Gasteiger charge is -2.09. The van der Waals surface area contributed by atoms with Crippen LogP contribution in [0.5, 0.6) is 0 Å². The topological polar surface area (TPSA) is 84.2 Å². The van der Waals surface area contributed by atoms with Gasteiger partial charge in [0.25, 0.3) is 5.91 Å². The molecule has 24 heavy (non-hydrogen) atoms. The highest BCUT2D eigenvalue weighted by Gasteiger charge is 2.13. The molecule has 1 amide bonds. The molecule has 120 valence electrons. The van der Waals surface area contributed by atoms with E-state index in [1.54, 1.807) is 47.4 Å². The van der Waals surface area contributed by atoms with Gasteiger partial charge in [-0.2, -0.15) is 5.10 Å². The Morgan fingerprint density at radius 2 is 1.92 bits per heavy atom. The number of nitrogens with one attached hydrogen (secondary N) is 1. The van der Waals surface area contributed by atoms with E-state index in [1.165, 1.54) is 0 Å². The molecule has 2 aromatic carbocycles. The average molecular weight is 325 g/mol. The lowest BCUT2D eigenvalue weighted by atomic mass is 10.1. The van der Waals surface area contributed by atoms with Crippen LogP contribution in [-0.2, 0) is 0 Å². The molecule has 0 saturated carbocycles. The van der Waals surface area contributed by atoms with E-state index in [1.807, 2.05) is 0 Å². The fourth-order valence-corrected chi connectivity index (χ4v) is 2.16. The molecule has 7 heteroatoms. The van der Waals surface area contributed by atoms with Crippen LogP contribution in [0, 0.1) is 5.82 Å². The van der Waals surface area contributed by atoms with E-state index in [2.05, 4.69) is 10.4 Å². The second-order valence-corrected chi connectivity index (χ2v) is 4.95. The van der Waals surface area contributed by atoms with Gasteiger partial charge in [0.2, 0.25) is 0 Å². The van der Waals surface area contributed by atoms with Crippen molar-refractivity contribution in [1.29, 1.82) is 0 Å². The normalized spacial score (nSPS) is 10.4. The number of hydrogen-bond donors (Lipinski definition) is 2. The SMILES string of the molecule is O=C(O)c1ccc(F)c(NC(=O)c2cccc(-n3cccn3)c2)c1. The number of aromatic carboxylic acids is 1. The third-order valence-electron chi connectivity index (χ3n) is 3.34. The number of carboxylic acids is 1.